The highest BCUT2D eigenvalue weighted by Crippen LogP contribution is 2.38. The number of carbonyl (C=O) groups is 1. The van der Waals surface area contributed by atoms with E-state index in [1.54, 1.807) is 13.2 Å². The maximum Gasteiger partial charge on any atom is 0.325 e. The minimum atomic E-state index is -0.979. The molecule has 0 bridgehead atoms. The molecular formula is C30H40FN3O5. The highest BCUT2D eigenvalue weighted by molar-refractivity contribution is 5.76. The van der Waals surface area contributed by atoms with Crippen LogP contribution in [-0.2, 0) is 31.8 Å². The summed E-state index contributed by atoms with van der Waals surface area (Å²) in [5, 5.41) is 13.5. The number of carboxylic acid groups (broad SMARTS) is 1. The highest BCUT2D eigenvalue weighted by Gasteiger charge is 2.40. The third kappa shape index (κ3) is 6.77. The van der Waals surface area contributed by atoms with Crippen molar-refractivity contribution in [3.8, 4) is 0 Å². The number of nitrogens with one attached hydrogen (secondary N) is 1. The van der Waals surface area contributed by atoms with E-state index in [-0.39, 0.29) is 18.1 Å². The first-order valence-electron chi connectivity index (χ1n) is 14.2. The molecule has 212 valence electrons. The summed E-state index contributed by atoms with van der Waals surface area (Å²) in [6.07, 6.45) is 6.80. The normalized spacial score (nSPS) is 22.5. The molecule has 3 aliphatic heterocycles. The van der Waals surface area contributed by atoms with E-state index in [1.807, 2.05) is 4.90 Å². The fraction of sp³-hybridized carbons (Fsp3) is 0.600. The molecule has 0 spiro atoms. The number of unbranched alkanes of at least 4 members (excludes halogenated alkanes) is 2. The van der Waals surface area contributed by atoms with E-state index < -0.39 is 17.8 Å². The summed E-state index contributed by atoms with van der Waals surface area (Å²) in [7, 11) is 1.63. The van der Waals surface area contributed by atoms with Crippen LogP contribution < -0.4 is 5.32 Å². The number of aryl methyl sites for hydroxylation is 2. The Morgan fingerprint density at radius 1 is 1.26 bits per heavy atom. The number of aromatic nitrogens is 1. The maximum atomic E-state index is 14.3. The first kappa shape index (κ1) is 28.0. The van der Waals surface area contributed by atoms with Gasteiger partial charge in [-0.2, -0.15) is 0 Å². The summed E-state index contributed by atoms with van der Waals surface area (Å²) >= 11 is 0. The van der Waals surface area contributed by atoms with Gasteiger partial charge in [0, 0.05) is 51.6 Å². The molecule has 5 rings (SSSR count). The molecule has 0 saturated carbocycles. The molecule has 39 heavy (non-hydrogen) atoms. The molecule has 0 aliphatic carbocycles. The van der Waals surface area contributed by atoms with E-state index in [0.717, 1.165) is 55.7 Å². The standard InChI is InChI=1S/C30H40FN3O5/c1-37-27-19-38-15-12-25(27)24-11-9-21(31)16-26(24)28(30(35)36)34-17-23(18-34)39-14-4-2-3-7-22-10-8-20-6-5-13-32-29(20)33-22/h8-11,16,23,25,27-28H,2-7,12-15,17-19H2,1H3,(H,32,33)(H,35,36)/t25-,27+,28?/m0/s1. The number of halogens is 1. The van der Waals surface area contributed by atoms with Crippen LogP contribution in [0.15, 0.2) is 30.3 Å². The summed E-state index contributed by atoms with van der Waals surface area (Å²) in [5.41, 5.74) is 3.77. The van der Waals surface area contributed by atoms with Crippen molar-refractivity contribution in [1.82, 2.24) is 9.88 Å². The molecule has 4 heterocycles. The van der Waals surface area contributed by atoms with E-state index in [2.05, 4.69) is 17.4 Å². The van der Waals surface area contributed by atoms with Gasteiger partial charge in [-0.3, -0.25) is 9.69 Å². The lowest BCUT2D eigenvalue weighted by molar-refractivity contribution is -0.151. The summed E-state index contributed by atoms with van der Waals surface area (Å²) in [4.78, 5) is 19.0. The van der Waals surface area contributed by atoms with Crippen LogP contribution >= 0.6 is 0 Å². The third-order valence-corrected chi connectivity index (χ3v) is 8.21. The average Bonchev–Trinajstić information content (AvgIpc) is 2.93. The van der Waals surface area contributed by atoms with Gasteiger partial charge in [0.2, 0.25) is 0 Å². The molecule has 1 aromatic heterocycles. The summed E-state index contributed by atoms with van der Waals surface area (Å²) in [6.45, 7) is 3.69. The van der Waals surface area contributed by atoms with Crippen LogP contribution in [-0.4, -0.2) is 79.7 Å². The van der Waals surface area contributed by atoms with Gasteiger partial charge in [0.1, 0.15) is 17.7 Å². The van der Waals surface area contributed by atoms with E-state index in [0.29, 0.717) is 44.9 Å². The van der Waals surface area contributed by atoms with Crippen molar-refractivity contribution in [3.63, 3.8) is 0 Å². The topological polar surface area (TPSA) is 93.2 Å². The lowest BCUT2D eigenvalue weighted by atomic mass is 9.83. The van der Waals surface area contributed by atoms with E-state index >= 15 is 0 Å². The molecule has 2 saturated heterocycles. The molecule has 1 unspecified atom stereocenters. The van der Waals surface area contributed by atoms with Gasteiger partial charge < -0.3 is 24.6 Å². The van der Waals surface area contributed by atoms with E-state index in [4.69, 9.17) is 19.2 Å². The van der Waals surface area contributed by atoms with Crippen LogP contribution in [0.3, 0.4) is 0 Å². The molecule has 9 heteroatoms. The van der Waals surface area contributed by atoms with Crippen molar-refractivity contribution in [2.45, 2.75) is 69.1 Å². The molecule has 1 aromatic carbocycles. The summed E-state index contributed by atoms with van der Waals surface area (Å²) < 4.78 is 31.5. The quantitative estimate of drug-likeness (QED) is 0.384. The molecule has 3 aliphatic rings. The zero-order chi connectivity index (χ0) is 27.2. The second-order valence-electron chi connectivity index (χ2n) is 10.9. The largest absolute Gasteiger partial charge is 0.480 e. The van der Waals surface area contributed by atoms with Crippen LogP contribution in [0.25, 0.3) is 0 Å². The second kappa shape index (κ2) is 13.2. The number of anilines is 1. The molecule has 2 N–H and O–H groups in total. The number of ether oxygens (including phenoxy) is 3. The number of aliphatic carboxylic acids is 1. The third-order valence-electron chi connectivity index (χ3n) is 8.21. The van der Waals surface area contributed by atoms with Crippen molar-refractivity contribution >= 4 is 11.8 Å². The average molecular weight is 542 g/mol. The highest BCUT2D eigenvalue weighted by atomic mass is 19.1. The number of pyridine rings is 1. The molecule has 3 atom stereocenters. The van der Waals surface area contributed by atoms with Gasteiger partial charge in [-0.05, 0) is 73.4 Å². The fourth-order valence-corrected chi connectivity index (χ4v) is 6.03. The number of likely N-dealkylation sites (tertiary alicyclic amines) is 1. The number of nitrogens with zero attached hydrogens (tertiary/aromatic N) is 2. The lowest BCUT2D eigenvalue weighted by Crippen LogP contribution is -2.55. The van der Waals surface area contributed by atoms with E-state index in [1.165, 1.54) is 24.1 Å². The van der Waals surface area contributed by atoms with Gasteiger partial charge in [0.15, 0.2) is 0 Å². The Labute approximate surface area is 229 Å². The van der Waals surface area contributed by atoms with Crippen molar-refractivity contribution in [3.05, 3.63) is 58.5 Å². The Hall–Kier alpha value is -2.59. The smallest absolute Gasteiger partial charge is 0.325 e. The Morgan fingerprint density at radius 2 is 2.13 bits per heavy atom. The van der Waals surface area contributed by atoms with Crippen LogP contribution in [0, 0.1) is 5.82 Å². The minimum absolute atomic E-state index is 0.00736. The first-order chi connectivity index (χ1) is 19.0. The van der Waals surface area contributed by atoms with Crippen molar-refractivity contribution in [2.75, 3.05) is 51.9 Å². The van der Waals surface area contributed by atoms with E-state index in [9.17, 15) is 14.3 Å². The number of rotatable bonds is 12. The predicted octanol–water partition coefficient (Wildman–Crippen LogP) is 4.34. The first-order valence-corrected chi connectivity index (χ1v) is 14.2. The van der Waals surface area contributed by atoms with Crippen molar-refractivity contribution in [2.24, 2.45) is 0 Å². The van der Waals surface area contributed by atoms with Crippen LogP contribution in [0.5, 0.6) is 0 Å². The molecule has 2 aromatic rings. The Morgan fingerprint density at radius 3 is 2.95 bits per heavy atom. The Balaban J connectivity index is 1.09. The monoisotopic (exact) mass is 541 g/mol. The number of benzene rings is 1. The minimum Gasteiger partial charge on any atom is -0.480 e. The Kier molecular flexibility index (Phi) is 9.45. The van der Waals surface area contributed by atoms with Gasteiger partial charge >= 0.3 is 5.97 Å². The zero-order valence-electron chi connectivity index (χ0n) is 22.7. The number of hydrogen-bond donors (Lipinski definition) is 2. The van der Waals surface area contributed by atoms with Crippen molar-refractivity contribution < 1.29 is 28.5 Å². The van der Waals surface area contributed by atoms with Crippen LogP contribution in [0.4, 0.5) is 10.2 Å². The number of hydrogen-bond acceptors (Lipinski definition) is 7. The predicted molar refractivity (Wildman–Crippen MR) is 146 cm³/mol. The zero-order valence-corrected chi connectivity index (χ0v) is 22.7. The van der Waals surface area contributed by atoms with Crippen LogP contribution in [0.2, 0.25) is 0 Å². The molecule has 2 fully saturated rings. The summed E-state index contributed by atoms with van der Waals surface area (Å²) in [5.74, 6) is -0.404. The molecular weight excluding hydrogens is 501 g/mol. The van der Waals surface area contributed by atoms with Crippen LogP contribution in [0.1, 0.15) is 66.4 Å². The lowest BCUT2D eigenvalue weighted by Gasteiger charge is -2.43. The number of methoxy groups -OCH3 is 1. The fourth-order valence-electron chi connectivity index (χ4n) is 6.03. The number of fused-ring (bicyclic) bond motifs is 1. The van der Waals surface area contributed by atoms with Gasteiger partial charge in [-0.1, -0.05) is 18.6 Å². The maximum absolute atomic E-state index is 14.3. The molecule has 0 radical (unpaired) electrons. The van der Waals surface area contributed by atoms with Gasteiger partial charge in [0.05, 0.1) is 18.8 Å². The molecule has 8 nitrogen and oxygen atoms in total. The van der Waals surface area contributed by atoms with Crippen molar-refractivity contribution in [1.29, 1.82) is 0 Å². The number of carboxylic acids is 1. The summed E-state index contributed by atoms with van der Waals surface area (Å²) in [6, 6.07) is 7.91. The van der Waals surface area contributed by atoms with Gasteiger partial charge in [0.25, 0.3) is 0 Å². The Bertz CT molecular complexity index is 1130. The second-order valence-corrected chi connectivity index (χ2v) is 10.9. The van der Waals surface area contributed by atoms with Gasteiger partial charge in [-0.25, -0.2) is 9.37 Å². The molecule has 0 amide bonds. The SMILES string of the molecule is CO[C@@H]1COCC[C@H]1c1ccc(F)cc1C(C(=O)O)N1CC(OCCCCCc2ccc3c(n2)NCCC3)C1. The van der Waals surface area contributed by atoms with Gasteiger partial charge in [-0.15, -0.1) is 0 Å².